The summed E-state index contributed by atoms with van der Waals surface area (Å²) in [6, 6.07) is 6.12. The van der Waals surface area contributed by atoms with Gasteiger partial charge in [0.25, 0.3) is 0 Å². The summed E-state index contributed by atoms with van der Waals surface area (Å²) >= 11 is 0. The van der Waals surface area contributed by atoms with Gasteiger partial charge in [-0.15, -0.1) is 0 Å². The van der Waals surface area contributed by atoms with E-state index in [1.807, 2.05) is 13.8 Å². The first-order chi connectivity index (χ1) is 12.6. The number of urea groups is 1. The molecule has 8 nitrogen and oxygen atoms in total. The number of carbonyl (C=O) groups excluding carboxylic acids is 2. The summed E-state index contributed by atoms with van der Waals surface area (Å²) in [7, 11) is 0. The van der Waals surface area contributed by atoms with Gasteiger partial charge in [-0.3, -0.25) is 4.79 Å². The molecule has 1 aromatic carbocycles. The monoisotopic (exact) mass is 365 g/mol. The van der Waals surface area contributed by atoms with Gasteiger partial charge in [-0.2, -0.15) is 0 Å². The van der Waals surface area contributed by atoms with E-state index in [0.29, 0.717) is 37.6 Å². The van der Waals surface area contributed by atoms with E-state index in [0.717, 1.165) is 0 Å². The normalized spacial score (nSPS) is 18.5. The number of benzene rings is 1. The largest absolute Gasteiger partial charge is 0.386 e. The number of amides is 3. The van der Waals surface area contributed by atoms with Gasteiger partial charge < -0.3 is 30.1 Å². The molecule has 144 valence electrons. The molecule has 0 bridgehead atoms. The number of aliphatic hydroxyl groups excluding tert-OH is 1. The zero-order valence-electron chi connectivity index (χ0n) is 15.2. The summed E-state index contributed by atoms with van der Waals surface area (Å²) in [6.07, 6.45) is -0.889. The fraction of sp³-hybridized carbons (Fsp3) is 0.556. The van der Waals surface area contributed by atoms with Crippen molar-refractivity contribution in [2.24, 2.45) is 0 Å². The van der Waals surface area contributed by atoms with E-state index < -0.39 is 12.1 Å². The lowest BCUT2D eigenvalue weighted by molar-refractivity contribution is -0.155. The van der Waals surface area contributed by atoms with E-state index >= 15 is 0 Å². The highest BCUT2D eigenvalue weighted by molar-refractivity contribution is 5.89. The molecule has 3 N–H and O–H groups in total. The second-order valence-corrected chi connectivity index (χ2v) is 5.92. The molecule has 1 saturated heterocycles. The van der Waals surface area contributed by atoms with Gasteiger partial charge in [-0.1, -0.05) is 12.1 Å². The van der Waals surface area contributed by atoms with Crippen molar-refractivity contribution in [3.8, 4) is 0 Å². The molecule has 1 aromatic rings. The fourth-order valence-electron chi connectivity index (χ4n) is 2.81. The Bertz CT molecular complexity index is 593. The van der Waals surface area contributed by atoms with Crippen LogP contribution in [-0.2, 0) is 14.3 Å². The predicted octanol–water partition coefficient (Wildman–Crippen LogP) is 1.13. The van der Waals surface area contributed by atoms with Crippen molar-refractivity contribution in [3.63, 3.8) is 0 Å². The van der Waals surface area contributed by atoms with Gasteiger partial charge in [-0.05, 0) is 31.5 Å². The van der Waals surface area contributed by atoms with Crippen LogP contribution >= 0.6 is 0 Å². The maximum Gasteiger partial charge on any atom is 0.319 e. The van der Waals surface area contributed by atoms with E-state index in [1.54, 1.807) is 29.2 Å². The van der Waals surface area contributed by atoms with Crippen LogP contribution in [0.3, 0.4) is 0 Å². The molecule has 26 heavy (non-hydrogen) atoms. The Morgan fingerprint density at radius 3 is 2.77 bits per heavy atom. The van der Waals surface area contributed by atoms with E-state index in [9.17, 15) is 14.7 Å². The van der Waals surface area contributed by atoms with Crippen LogP contribution in [-0.4, -0.2) is 67.5 Å². The van der Waals surface area contributed by atoms with Gasteiger partial charge in [0, 0.05) is 25.4 Å². The van der Waals surface area contributed by atoms with Crippen LogP contribution in [0.15, 0.2) is 24.3 Å². The maximum atomic E-state index is 12.2. The van der Waals surface area contributed by atoms with Gasteiger partial charge in [0.2, 0.25) is 5.91 Å². The number of anilines is 1. The number of hydrogen-bond donors (Lipinski definition) is 3. The SMILES string of the molecule is CCNC(=O)Nc1ccc([C@@H](O)[C@H]2COCC(=O)N2CCOCC)cc1. The van der Waals surface area contributed by atoms with Gasteiger partial charge in [0.1, 0.15) is 12.7 Å². The molecular formula is C18H27N3O5. The number of hydrogen-bond acceptors (Lipinski definition) is 5. The third-order valence-electron chi connectivity index (χ3n) is 4.13. The van der Waals surface area contributed by atoms with Gasteiger partial charge in [0.15, 0.2) is 0 Å². The quantitative estimate of drug-likeness (QED) is 0.600. The highest BCUT2D eigenvalue weighted by Crippen LogP contribution is 2.25. The highest BCUT2D eigenvalue weighted by atomic mass is 16.5. The Morgan fingerprint density at radius 2 is 2.12 bits per heavy atom. The molecule has 0 unspecified atom stereocenters. The van der Waals surface area contributed by atoms with Crippen LogP contribution in [0.4, 0.5) is 10.5 Å². The summed E-state index contributed by atoms with van der Waals surface area (Å²) in [4.78, 5) is 25.3. The van der Waals surface area contributed by atoms with Crippen LogP contribution in [0, 0.1) is 0 Å². The standard InChI is InChI=1S/C18H27N3O5/c1-3-19-18(24)20-14-7-5-13(6-8-14)17(23)15-11-26-12-16(22)21(15)9-10-25-4-2/h5-8,15,17,23H,3-4,9-12H2,1-2H3,(H2,19,20,24)/t15-,17-/m1/s1. The number of nitrogens with one attached hydrogen (secondary N) is 2. The topological polar surface area (TPSA) is 100 Å². The first-order valence-corrected chi connectivity index (χ1v) is 8.84. The minimum Gasteiger partial charge on any atom is -0.386 e. The molecule has 1 heterocycles. The zero-order chi connectivity index (χ0) is 18.9. The molecular weight excluding hydrogens is 338 g/mol. The molecule has 8 heteroatoms. The van der Waals surface area contributed by atoms with Crippen molar-refractivity contribution in [2.75, 3.05) is 44.8 Å². The number of aliphatic hydroxyl groups is 1. The summed E-state index contributed by atoms with van der Waals surface area (Å²) in [5.41, 5.74) is 1.27. The van der Waals surface area contributed by atoms with E-state index in [-0.39, 0.29) is 25.2 Å². The maximum absolute atomic E-state index is 12.2. The second kappa shape index (κ2) is 10.1. The summed E-state index contributed by atoms with van der Waals surface area (Å²) in [6.45, 7) is 5.95. The van der Waals surface area contributed by atoms with E-state index in [1.165, 1.54) is 0 Å². The average Bonchev–Trinajstić information content (AvgIpc) is 2.63. The van der Waals surface area contributed by atoms with Crippen LogP contribution in [0.5, 0.6) is 0 Å². The Hall–Kier alpha value is -2.16. The number of carbonyl (C=O) groups is 2. The lowest BCUT2D eigenvalue weighted by Gasteiger charge is -2.38. The number of morpholine rings is 1. The highest BCUT2D eigenvalue weighted by Gasteiger charge is 2.34. The Labute approximate surface area is 153 Å². The molecule has 3 amide bonds. The molecule has 0 saturated carbocycles. The second-order valence-electron chi connectivity index (χ2n) is 5.92. The number of rotatable bonds is 8. The van der Waals surface area contributed by atoms with Crippen LogP contribution in [0.1, 0.15) is 25.5 Å². The Kier molecular flexibility index (Phi) is 7.83. The summed E-state index contributed by atoms with van der Waals surface area (Å²) in [5.74, 6) is -0.158. The lowest BCUT2D eigenvalue weighted by atomic mass is 10.00. The Morgan fingerprint density at radius 1 is 1.38 bits per heavy atom. The number of ether oxygens (including phenoxy) is 2. The molecule has 2 rings (SSSR count). The molecule has 0 aromatic heterocycles. The van der Waals surface area contributed by atoms with E-state index in [2.05, 4.69) is 10.6 Å². The summed E-state index contributed by atoms with van der Waals surface area (Å²) < 4.78 is 10.6. The molecule has 2 atom stereocenters. The van der Waals surface area contributed by atoms with Crippen molar-refractivity contribution in [1.82, 2.24) is 10.2 Å². The predicted molar refractivity (Wildman–Crippen MR) is 96.9 cm³/mol. The van der Waals surface area contributed by atoms with Crippen molar-refractivity contribution in [3.05, 3.63) is 29.8 Å². The van der Waals surface area contributed by atoms with Gasteiger partial charge >= 0.3 is 6.03 Å². The van der Waals surface area contributed by atoms with Crippen molar-refractivity contribution in [1.29, 1.82) is 0 Å². The van der Waals surface area contributed by atoms with E-state index in [4.69, 9.17) is 9.47 Å². The van der Waals surface area contributed by atoms with Crippen molar-refractivity contribution < 1.29 is 24.2 Å². The minimum atomic E-state index is -0.889. The summed E-state index contributed by atoms with van der Waals surface area (Å²) in [5, 5.41) is 16.1. The molecule has 1 aliphatic heterocycles. The first kappa shape index (κ1) is 20.2. The van der Waals surface area contributed by atoms with Crippen LogP contribution in [0.25, 0.3) is 0 Å². The Balaban J connectivity index is 2.03. The minimum absolute atomic E-state index is 0.0186. The molecule has 0 aliphatic carbocycles. The lowest BCUT2D eigenvalue weighted by Crippen LogP contribution is -2.53. The van der Waals surface area contributed by atoms with Crippen molar-refractivity contribution >= 4 is 17.6 Å². The molecule has 0 spiro atoms. The molecule has 1 aliphatic rings. The average molecular weight is 365 g/mol. The fourth-order valence-corrected chi connectivity index (χ4v) is 2.81. The molecule has 0 radical (unpaired) electrons. The third-order valence-corrected chi connectivity index (χ3v) is 4.13. The molecule has 1 fully saturated rings. The van der Waals surface area contributed by atoms with Crippen LogP contribution in [0.2, 0.25) is 0 Å². The van der Waals surface area contributed by atoms with Gasteiger partial charge in [0.05, 0.1) is 19.3 Å². The third kappa shape index (κ3) is 5.42. The first-order valence-electron chi connectivity index (χ1n) is 8.84. The van der Waals surface area contributed by atoms with Gasteiger partial charge in [-0.25, -0.2) is 4.79 Å². The van der Waals surface area contributed by atoms with Crippen LogP contribution < -0.4 is 10.6 Å². The smallest absolute Gasteiger partial charge is 0.319 e. The van der Waals surface area contributed by atoms with Crippen molar-refractivity contribution in [2.45, 2.75) is 26.0 Å². The zero-order valence-corrected chi connectivity index (χ0v) is 15.2. The number of nitrogens with zero attached hydrogens (tertiary/aromatic N) is 1.